The Morgan fingerprint density at radius 3 is 2.75 bits per heavy atom. The quantitative estimate of drug-likeness (QED) is 0.753. The molecule has 3 aromatic heterocycles. The summed E-state index contributed by atoms with van der Waals surface area (Å²) in [7, 11) is 0. The Bertz CT molecular complexity index is 917. The van der Waals surface area contributed by atoms with Crippen molar-refractivity contribution in [2.75, 3.05) is 0 Å². The molecular formula is C16H15N5O3. The van der Waals surface area contributed by atoms with Crippen LogP contribution in [0.5, 0.6) is 0 Å². The molecule has 0 saturated carbocycles. The first-order valence-corrected chi connectivity index (χ1v) is 7.29. The number of hydrogen-bond donors (Lipinski definition) is 2. The molecule has 8 nitrogen and oxygen atoms in total. The van der Waals surface area contributed by atoms with E-state index in [1.54, 1.807) is 38.4 Å². The summed E-state index contributed by atoms with van der Waals surface area (Å²) < 4.78 is 5.20. The van der Waals surface area contributed by atoms with Crippen molar-refractivity contribution < 1.29 is 9.32 Å². The Morgan fingerprint density at radius 1 is 1.29 bits per heavy atom. The van der Waals surface area contributed by atoms with Gasteiger partial charge in [0.05, 0.1) is 0 Å². The SMILES string of the molecule is Cc1cc(=O)cc(C(=O)N[C@@H](C)c2nc(-c3ccncc3)no2)[nH]1. The normalized spacial score (nSPS) is 11.9. The Labute approximate surface area is 137 Å². The van der Waals surface area contributed by atoms with Crippen LogP contribution in [-0.2, 0) is 0 Å². The molecule has 0 fully saturated rings. The van der Waals surface area contributed by atoms with Gasteiger partial charge in [-0.2, -0.15) is 4.98 Å². The maximum absolute atomic E-state index is 12.2. The topological polar surface area (TPSA) is 114 Å². The highest BCUT2D eigenvalue weighted by molar-refractivity contribution is 5.92. The van der Waals surface area contributed by atoms with Gasteiger partial charge in [-0.25, -0.2) is 0 Å². The number of rotatable bonds is 4. The zero-order chi connectivity index (χ0) is 17.1. The van der Waals surface area contributed by atoms with Gasteiger partial charge in [-0.05, 0) is 26.0 Å². The highest BCUT2D eigenvalue weighted by Gasteiger charge is 2.18. The second-order valence-corrected chi connectivity index (χ2v) is 5.30. The van der Waals surface area contributed by atoms with Gasteiger partial charge >= 0.3 is 0 Å². The minimum Gasteiger partial charge on any atom is -0.354 e. The minimum atomic E-state index is -0.510. The first-order valence-electron chi connectivity index (χ1n) is 7.29. The van der Waals surface area contributed by atoms with E-state index in [1.165, 1.54) is 12.1 Å². The molecular weight excluding hydrogens is 310 g/mol. The number of H-pyrrole nitrogens is 1. The smallest absolute Gasteiger partial charge is 0.268 e. The molecule has 0 aliphatic rings. The third-order valence-corrected chi connectivity index (χ3v) is 3.32. The molecule has 3 rings (SSSR count). The first-order chi connectivity index (χ1) is 11.5. The third-order valence-electron chi connectivity index (χ3n) is 3.32. The number of aryl methyl sites for hydroxylation is 1. The number of nitrogens with one attached hydrogen (secondary N) is 2. The monoisotopic (exact) mass is 325 g/mol. The fourth-order valence-corrected chi connectivity index (χ4v) is 2.17. The van der Waals surface area contributed by atoms with Gasteiger partial charge < -0.3 is 14.8 Å². The lowest BCUT2D eigenvalue weighted by molar-refractivity contribution is 0.0927. The average molecular weight is 325 g/mol. The van der Waals surface area contributed by atoms with Crippen LogP contribution in [-0.4, -0.2) is 26.0 Å². The number of nitrogens with zero attached hydrogens (tertiary/aromatic N) is 3. The van der Waals surface area contributed by atoms with Gasteiger partial charge in [-0.3, -0.25) is 14.6 Å². The predicted octanol–water partition coefficient (Wildman–Crippen LogP) is 1.62. The molecule has 2 N–H and O–H groups in total. The van der Waals surface area contributed by atoms with E-state index in [0.717, 1.165) is 5.56 Å². The van der Waals surface area contributed by atoms with Crippen LogP contribution in [0.25, 0.3) is 11.4 Å². The number of carbonyl (C=O) groups excluding carboxylic acids is 1. The van der Waals surface area contributed by atoms with Gasteiger partial charge in [-0.1, -0.05) is 5.16 Å². The first kappa shape index (κ1) is 15.6. The zero-order valence-corrected chi connectivity index (χ0v) is 13.1. The molecule has 0 aromatic carbocycles. The molecule has 0 saturated heterocycles. The summed E-state index contributed by atoms with van der Waals surface area (Å²) in [6.45, 7) is 3.43. The average Bonchev–Trinajstić information content (AvgIpc) is 3.05. The Hall–Kier alpha value is -3.29. The zero-order valence-electron chi connectivity index (χ0n) is 13.1. The molecule has 0 bridgehead atoms. The summed E-state index contributed by atoms with van der Waals surface area (Å²) in [5.41, 5.74) is 1.32. The van der Waals surface area contributed by atoms with Crippen LogP contribution < -0.4 is 10.7 Å². The molecule has 0 spiro atoms. The molecule has 3 heterocycles. The van der Waals surface area contributed by atoms with Crippen molar-refractivity contribution in [1.29, 1.82) is 0 Å². The molecule has 8 heteroatoms. The second kappa shape index (κ2) is 6.45. The van der Waals surface area contributed by atoms with Gasteiger partial charge in [0, 0.05) is 35.8 Å². The maximum atomic E-state index is 12.2. The van der Waals surface area contributed by atoms with Crippen molar-refractivity contribution in [2.45, 2.75) is 19.9 Å². The Morgan fingerprint density at radius 2 is 2.04 bits per heavy atom. The van der Waals surface area contributed by atoms with Crippen LogP contribution in [0.2, 0.25) is 0 Å². The largest absolute Gasteiger partial charge is 0.354 e. The van der Waals surface area contributed by atoms with E-state index in [-0.39, 0.29) is 17.0 Å². The molecule has 1 amide bonds. The van der Waals surface area contributed by atoms with Crippen LogP contribution in [0, 0.1) is 6.92 Å². The van der Waals surface area contributed by atoms with Crippen LogP contribution in [0.4, 0.5) is 0 Å². The lowest BCUT2D eigenvalue weighted by atomic mass is 10.2. The summed E-state index contributed by atoms with van der Waals surface area (Å²) >= 11 is 0. The highest BCUT2D eigenvalue weighted by atomic mass is 16.5. The van der Waals surface area contributed by atoms with Gasteiger partial charge in [0.25, 0.3) is 5.91 Å². The number of amides is 1. The van der Waals surface area contributed by atoms with E-state index in [1.807, 2.05) is 0 Å². The fourth-order valence-electron chi connectivity index (χ4n) is 2.17. The van der Waals surface area contributed by atoms with Crippen LogP contribution in [0.1, 0.15) is 35.0 Å². The number of hydrogen-bond acceptors (Lipinski definition) is 6. The molecule has 3 aromatic rings. The van der Waals surface area contributed by atoms with Crippen molar-refractivity contribution in [2.24, 2.45) is 0 Å². The molecule has 0 aliphatic heterocycles. The van der Waals surface area contributed by atoms with Crippen molar-refractivity contribution in [3.8, 4) is 11.4 Å². The van der Waals surface area contributed by atoms with E-state index in [0.29, 0.717) is 11.5 Å². The molecule has 0 aliphatic carbocycles. The number of carbonyl (C=O) groups is 1. The van der Waals surface area contributed by atoms with Crippen LogP contribution >= 0.6 is 0 Å². The van der Waals surface area contributed by atoms with E-state index in [4.69, 9.17) is 4.52 Å². The van der Waals surface area contributed by atoms with E-state index in [9.17, 15) is 9.59 Å². The lowest BCUT2D eigenvalue weighted by Gasteiger charge is -2.09. The standard InChI is InChI=1S/C16H15N5O3/c1-9-7-12(22)8-13(18-9)15(23)19-10(2)16-20-14(21-24-16)11-3-5-17-6-4-11/h3-8,10H,1-2H3,(H,18,22)(H,19,23)/t10-/m0/s1. The minimum absolute atomic E-state index is 0.181. The molecule has 24 heavy (non-hydrogen) atoms. The van der Waals surface area contributed by atoms with E-state index >= 15 is 0 Å². The summed E-state index contributed by atoms with van der Waals surface area (Å²) in [6, 6.07) is 5.67. The second-order valence-electron chi connectivity index (χ2n) is 5.30. The maximum Gasteiger partial charge on any atom is 0.268 e. The van der Waals surface area contributed by atoms with Crippen molar-refractivity contribution in [3.63, 3.8) is 0 Å². The molecule has 122 valence electrons. The summed E-state index contributed by atoms with van der Waals surface area (Å²) in [5.74, 6) is 0.259. The Kier molecular flexibility index (Phi) is 4.19. The highest BCUT2D eigenvalue weighted by Crippen LogP contribution is 2.17. The predicted molar refractivity (Wildman–Crippen MR) is 85.2 cm³/mol. The van der Waals surface area contributed by atoms with Gasteiger partial charge in [0.15, 0.2) is 5.43 Å². The third kappa shape index (κ3) is 3.37. The van der Waals surface area contributed by atoms with Crippen LogP contribution in [0.15, 0.2) is 46.0 Å². The van der Waals surface area contributed by atoms with Crippen molar-refractivity contribution in [1.82, 2.24) is 25.4 Å². The van der Waals surface area contributed by atoms with E-state index < -0.39 is 11.9 Å². The molecule has 0 unspecified atom stereocenters. The fraction of sp³-hybridized carbons (Fsp3) is 0.188. The summed E-state index contributed by atoms with van der Waals surface area (Å²) in [4.78, 5) is 34.8. The van der Waals surface area contributed by atoms with Gasteiger partial charge in [0.2, 0.25) is 11.7 Å². The summed E-state index contributed by atoms with van der Waals surface area (Å²) in [5, 5.41) is 6.61. The number of aromatic amines is 1. The Balaban J connectivity index is 1.75. The van der Waals surface area contributed by atoms with E-state index in [2.05, 4.69) is 25.4 Å². The van der Waals surface area contributed by atoms with Crippen LogP contribution in [0.3, 0.4) is 0 Å². The molecule has 0 radical (unpaired) electrons. The van der Waals surface area contributed by atoms with Gasteiger partial charge in [-0.15, -0.1) is 0 Å². The van der Waals surface area contributed by atoms with Gasteiger partial charge in [0.1, 0.15) is 11.7 Å². The number of aromatic nitrogens is 4. The van der Waals surface area contributed by atoms with Crippen molar-refractivity contribution in [3.05, 3.63) is 64.2 Å². The number of pyridine rings is 2. The summed E-state index contributed by atoms with van der Waals surface area (Å²) in [6.07, 6.45) is 3.26. The molecule has 1 atom stereocenters. The lowest BCUT2D eigenvalue weighted by Crippen LogP contribution is -2.28. The van der Waals surface area contributed by atoms with Crippen molar-refractivity contribution >= 4 is 5.91 Å².